The lowest BCUT2D eigenvalue weighted by Gasteiger charge is -2.08. The summed E-state index contributed by atoms with van der Waals surface area (Å²) >= 11 is 0. The molecule has 2 rings (SSSR count). The fraction of sp³-hybridized carbons (Fsp3) is 0.286. The number of carbonyl (C=O) groups is 2. The van der Waals surface area contributed by atoms with Crippen LogP contribution < -0.4 is 10.6 Å². The minimum Gasteiger partial charge on any atom is -0.344 e. The summed E-state index contributed by atoms with van der Waals surface area (Å²) in [5.74, 6) is -1.93. The van der Waals surface area contributed by atoms with Crippen LogP contribution in [0.2, 0.25) is 0 Å². The molecule has 10 heteroatoms. The highest BCUT2D eigenvalue weighted by Gasteiger charge is 2.32. The Kier molecular flexibility index (Phi) is 4.86. The fourth-order valence-corrected chi connectivity index (χ4v) is 1.91. The number of alkyl halides is 3. The predicted octanol–water partition coefficient (Wildman–Crippen LogP) is 1.70. The van der Waals surface area contributed by atoms with Gasteiger partial charge >= 0.3 is 18.0 Å². The minimum atomic E-state index is -4.57. The number of nitrogens with zero attached hydrogens (tertiary/aromatic N) is 2. The Labute approximate surface area is 134 Å². The Morgan fingerprint density at radius 1 is 1.21 bits per heavy atom. The van der Waals surface area contributed by atoms with E-state index >= 15 is 0 Å². The summed E-state index contributed by atoms with van der Waals surface area (Å²) in [7, 11) is 0. The van der Waals surface area contributed by atoms with Crippen molar-refractivity contribution < 1.29 is 22.8 Å². The minimum absolute atomic E-state index is 0.0150. The first-order valence-corrected chi connectivity index (χ1v) is 6.81. The van der Waals surface area contributed by atoms with Crippen molar-refractivity contribution in [3.63, 3.8) is 0 Å². The van der Waals surface area contributed by atoms with Crippen LogP contribution in [0.15, 0.2) is 18.3 Å². The molecule has 0 atom stereocenters. The second-order valence-electron chi connectivity index (χ2n) is 4.98. The van der Waals surface area contributed by atoms with E-state index in [1.165, 1.54) is 0 Å². The molecule has 0 aliphatic heterocycles. The van der Waals surface area contributed by atoms with Crippen LogP contribution in [-0.4, -0.2) is 27.0 Å². The van der Waals surface area contributed by atoms with E-state index in [-0.39, 0.29) is 12.2 Å². The van der Waals surface area contributed by atoms with Crippen molar-refractivity contribution in [1.82, 2.24) is 20.5 Å². The lowest BCUT2D eigenvalue weighted by Crippen LogP contribution is -2.35. The van der Waals surface area contributed by atoms with Crippen LogP contribution in [0.5, 0.6) is 0 Å². The maximum atomic E-state index is 12.4. The van der Waals surface area contributed by atoms with Gasteiger partial charge in [-0.2, -0.15) is 18.3 Å². The zero-order valence-electron chi connectivity index (χ0n) is 12.8. The standard InChI is InChI=1S/C14H14F3N5O2/c1-7-10(8(2)22-21-7)6-19-12(23)13(24)20-9-3-4-11(18-5-9)14(15,16)17/h3-5H,6H2,1-2H3,(H,19,23)(H,20,24)(H,21,22). The third-order valence-electron chi connectivity index (χ3n) is 3.22. The molecule has 2 aromatic heterocycles. The Hall–Kier alpha value is -2.91. The quantitative estimate of drug-likeness (QED) is 0.740. The molecule has 128 valence electrons. The van der Waals surface area contributed by atoms with Crippen molar-refractivity contribution in [2.45, 2.75) is 26.6 Å². The molecule has 0 saturated heterocycles. The van der Waals surface area contributed by atoms with Crippen LogP contribution >= 0.6 is 0 Å². The van der Waals surface area contributed by atoms with E-state index in [1.807, 2.05) is 0 Å². The van der Waals surface area contributed by atoms with Crippen LogP contribution in [-0.2, 0) is 22.3 Å². The maximum Gasteiger partial charge on any atom is 0.433 e. The number of anilines is 1. The monoisotopic (exact) mass is 341 g/mol. The highest BCUT2D eigenvalue weighted by Crippen LogP contribution is 2.27. The normalized spacial score (nSPS) is 11.2. The molecule has 0 bridgehead atoms. The van der Waals surface area contributed by atoms with Gasteiger partial charge < -0.3 is 10.6 Å². The van der Waals surface area contributed by atoms with Crippen molar-refractivity contribution in [1.29, 1.82) is 0 Å². The average Bonchev–Trinajstić information content (AvgIpc) is 2.83. The van der Waals surface area contributed by atoms with E-state index in [4.69, 9.17) is 0 Å². The van der Waals surface area contributed by atoms with Gasteiger partial charge in [-0.25, -0.2) is 4.98 Å². The molecule has 0 aliphatic rings. The van der Waals surface area contributed by atoms with Gasteiger partial charge in [0.25, 0.3) is 0 Å². The summed E-state index contributed by atoms with van der Waals surface area (Å²) in [6.07, 6.45) is -3.74. The number of hydrogen-bond acceptors (Lipinski definition) is 4. The zero-order chi connectivity index (χ0) is 17.9. The van der Waals surface area contributed by atoms with Gasteiger partial charge in [0, 0.05) is 17.8 Å². The maximum absolute atomic E-state index is 12.4. The number of aromatic amines is 1. The summed E-state index contributed by atoms with van der Waals surface area (Å²) in [6, 6.07) is 1.73. The number of pyridine rings is 1. The number of rotatable bonds is 3. The summed E-state index contributed by atoms with van der Waals surface area (Å²) in [6.45, 7) is 3.63. The van der Waals surface area contributed by atoms with Crippen molar-refractivity contribution in [3.05, 3.63) is 41.0 Å². The van der Waals surface area contributed by atoms with Crippen LogP contribution in [0.1, 0.15) is 22.6 Å². The third-order valence-corrected chi connectivity index (χ3v) is 3.22. The van der Waals surface area contributed by atoms with E-state index in [1.54, 1.807) is 13.8 Å². The summed E-state index contributed by atoms with van der Waals surface area (Å²) in [4.78, 5) is 26.7. The SMILES string of the molecule is Cc1n[nH]c(C)c1CNC(=O)C(=O)Nc1ccc(C(F)(F)F)nc1. The molecule has 0 aliphatic carbocycles. The van der Waals surface area contributed by atoms with Gasteiger partial charge in [-0.05, 0) is 26.0 Å². The van der Waals surface area contributed by atoms with E-state index in [0.29, 0.717) is 11.8 Å². The molecule has 7 nitrogen and oxygen atoms in total. The lowest BCUT2D eigenvalue weighted by molar-refractivity contribution is -0.141. The highest BCUT2D eigenvalue weighted by molar-refractivity contribution is 6.39. The number of nitrogens with one attached hydrogen (secondary N) is 3. The first-order valence-electron chi connectivity index (χ1n) is 6.81. The van der Waals surface area contributed by atoms with Gasteiger partial charge in [-0.1, -0.05) is 0 Å². The van der Waals surface area contributed by atoms with Crippen molar-refractivity contribution in [2.75, 3.05) is 5.32 Å². The molecule has 3 N–H and O–H groups in total. The molecule has 2 heterocycles. The summed E-state index contributed by atoms with van der Waals surface area (Å²) < 4.78 is 37.2. The Morgan fingerprint density at radius 2 is 1.92 bits per heavy atom. The number of aryl methyl sites for hydroxylation is 2. The van der Waals surface area contributed by atoms with Gasteiger partial charge in [-0.3, -0.25) is 14.7 Å². The first kappa shape index (κ1) is 17.4. The molecule has 0 saturated carbocycles. The summed E-state index contributed by atoms with van der Waals surface area (Å²) in [5, 5.41) is 11.3. The van der Waals surface area contributed by atoms with Crippen LogP contribution in [0.25, 0.3) is 0 Å². The van der Waals surface area contributed by atoms with Gasteiger partial charge in [0.15, 0.2) is 0 Å². The van der Waals surface area contributed by atoms with Gasteiger partial charge in [0.05, 0.1) is 17.6 Å². The lowest BCUT2D eigenvalue weighted by atomic mass is 10.2. The van der Waals surface area contributed by atoms with Crippen molar-refractivity contribution in [3.8, 4) is 0 Å². The predicted molar refractivity (Wildman–Crippen MR) is 77.8 cm³/mol. The van der Waals surface area contributed by atoms with Crippen LogP contribution in [0.4, 0.5) is 18.9 Å². The van der Waals surface area contributed by atoms with Crippen molar-refractivity contribution >= 4 is 17.5 Å². The molecule has 0 spiro atoms. The average molecular weight is 341 g/mol. The molecule has 2 aromatic rings. The van der Waals surface area contributed by atoms with E-state index in [0.717, 1.165) is 23.5 Å². The number of amides is 2. The second kappa shape index (κ2) is 6.69. The summed E-state index contributed by atoms with van der Waals surface area (Å²) in [5.41, 5.74) is 1.11. The van der Waals surface area contributed by atoms with E-state index < -0.39 is 23.7 Å². The number of hydrogen-bond donors (Lipinski definition) is 3. The Bertz CT molecular complexity index is 733. The van der Waals surface area contributed by atoms with Gasteiger partial charge in [0.2, 0.25) is 0 Å². The number of H-pyrrole nitrogens is 1. The number of halogens is 3. The Morgan fingerprint density at radius 3 is 2.42 bits per heavy atom. The fourth-order valence-electron chi connectivity index (χ4n) is 1.91. The highest BCUT2D eigenvalue weighted by atomic mass is 19.4. The first-order chi connectivity index (χ1) is 11.2. The van der Waals surface area contributed by atoms with E-state index in [9.17, 15) is 22.8 Å². The zero-order valence-corrected chi connectivity index (χ0v) is 12.8. The molecule has 0 unspecified atom stereocenters. The smallest absolute Gasteiger partial charge is 0.344 e. The largest absolute Gasteiger partial charge is 0.433 e. The molecular weight excluding hydrogens is 327 g/mol. The third kappa shape index (κ3) is 4.09. The molecule has 24 heavy (non-hydrogen) atoms. The molecule has 0 radical (unpaired) electrons. The van der Waals surface area contributed by atoms with Crippen LogP contribution in [0.3, 0.4) is 0 Å². The number of carbonyl (C=O) groups excluding carboxylic acids is 2. The van der Waals surface area contributed by atoms with E-state index in [2.05, 4.69) is 25.8 Å². The van der Waals surface area contributed by atoms with Crippen molar-refractivity contribution in [2.24, 2.45) is 0 Å². The Balaban J connectivity index is 1.93. The van der Waals surface area contributed by atoms with Crippen LogP contribution in [0, 0.1) is 13.8 Å². The second-order valence-corrected chi connectivity index (χ2v) is 4.98. The molecule has 0 aromatic carbocycles. The topological polar surface area (TPSA) is 99.8 Å². The van der Waals surface area contributed by atoms with Gasteiger partial charge in [0.1, 0.15) is 5.69 Å². The number of aromatic nitrogens is 3. The molecule has 2 amide bonds. The molecular formula is C14H14F3N5O2. The molecule has 0 fully saturated rings. The van der Waals surface area contributed by atoms with Gasteiger partial charge in [-0.15, -0.1) is 0 Å².